The molecule has 36 heavy (non-hydrogen) atoms. The van der Waals surface area contributed by atoms with Gasteiger partial charge in [-0.05, 0) is 63.4 Å². The average Bonchev–Trinajstić information content (AvgIpc) is 2.79. The number of carbonyl (C=O) groups excluding carboxylic acids is 2. The maximum atomic E-state index is 13.3. The van der Waals surface area contributed by atoms with Gasteiger partial charge in [0.25, 0.3) is 0 Å². The zero-order valence-corrected chi connectivity index (χ0v) is 23.3. The van der Waals surface area contributed by atoms with Gasteiger partial charge >= 0.3 is 0 Å². The van der Waals surface area contributed by atoms with Gasteiger partial charge in [-0.25, -0.2) is 8.42 Å². The van der Waals surface area contributed by atoms with Crippen LogP contribution < -0.4 is 14.4 Å². The highest BCUT2D eigenvalue weighted by atomic mass is 35.5. The Labute approximate surface area is 219 Å². The number of rotatable bonds is 12. The van der Waals surface area contributed by atoms with E-state index in [4.69, 9.17) is 16.3 Å². The molecule has 0 spiro atoms. The van der Waals surface area contributed by atoms with Crippen molar-refractivity contribution in [1.82, 2.24) is 10.2 Å². The molecular weight excluding hydrogens is 502 g/mol. The number of aryl methyl sites for hydroxylation is 1. The number of nitrogens with zero attached hydrogens (tertiary/aromatic N) is 2. The van der Waals surface area contributed by atoms with Gasteiger partial charge in [0.15, 0.2) is 0 Å². The number of halogens is 1. The molecule has 1 atom stereocenters. The van der Waals surface area contributed by atoms with E-state index < -0.39 is 16.1 Å². The number of nitrogens with one attached hydrogen (secondary N) is 1. The summed E-state index contributed by atoms with van der Waals surface area (Å²) in [5.41, 5.74) is 2.35. The fourth-order valence-corrected chi connectivity index (χ4v) is 4.98. The Bertz CT molecular complexity index is 1170. The van der Waals surface area contributed by atoms with Crippen LogP contribution in [0.15, 0.2) is 42.5 Å². The highest BCUT2D eigenvalue weighted by molar-refractivity contribution is 7.92. The summed E-state index contributed by atoms with van der Waals surface area (Å²) in [6, 6.07) is 11.7. The topological polar surface area (TPSA) is 96.0 Å². The van der Waals surface area contributed by atoms with E-state index in [0.717, 1.165) is 17.4 Å². The van der Waals surface area contributed by atoms with Crippen LogP contribution in [0.4, 0.5) is 5.69 Å². The summed E-state index contributed by atoms with van der Waals surface area (Å²) in [6.07, 6.45) is 1.44. The zero-order valence-electron chi connectivity index (χ0n) is 21.7. The molecule has 0 heterocycles. The van der Waals surface area contributed by atoms with Crippen molar-refractivity contribution >= 4 is 39.1 Å². The van der Waals surface area contributed by atoms with Gasteiger partial charge in [0.1, 0.15) is 11.8 Å². The van der Waals surface area contributed by atoms with Crippen LogP contribution in [0.1, 0.15) is 44.7 Å². The Morgan fingerprint density at radius 1 is 1.11 bits per heavy atom. The molecule has 0 fully saturated rings. The molecule has 8 nitrogen and oxygen atoms in total. The first-order chi connectivity index (χ1) is 16.8. The summed E-state index contributed by atoms with van der Waals surface area (Å²) in [5, 5.41) is 3.15. The summed E-state index contributed by atoms with van der Waals surface area (Å²) in [5.74, 6) is -0.0343. The average molecular weight is 538 g/mol. The largest absolute Gasteiger partial charge is 0.495 e. The molecular formula is C26H36ClN3O5S. The van der Waals surface area contributed by atoms with Gasteiger partial charge < -0.3 is 15.0 Å². The Hall–Kier alpha value is -2.78. The highest BCUT2D eigenvalue weighted by Crippen LogP contribution is 2.30. The third-order valence-electron chi connectivity index (χ3n) is 5.78. The lowest BCUT2D eigenvalue weighted by atomic mass is 10.1. The quantitative estimate of drug-likeness (QED) is 0.439. The van der Waals surface area contributed by atoms with Crippen LogP contribution in [0.25, 0.3) is 0 Å². The number of carbonyl (C=O) groups is 2. The lowest BCUT2D eigenvalue weighted by molar-refractivity contribution is -0.140. The number of methoxy groups -OCH3 is 1. The SMILES string of the molecule is COc1ccc(N(CCCC(=O)N(Cc2ccccc2C)C(C)C(=O)NC(C)C)S(C)(=O)=O)cc1Cl. The number of hydrogen-bond acceptors (Lipinski definition) is 5. The van der Waals surface area contributed by atoms with Gasteiger partial charge in [0.2, 0.25) is 21.8 Å². The molecule has 0 saturated heterocycles. The van der Waals surface area contributed by atoms with Crippen molar-refractivity contribution in [2.45, 2.75) is 59.2 Å². The smallest absolute Gasteiger partial charge is 0.242 e. The van der Waals surface area contributed by atoms with E-state index in [-0.39, 0.29) is 48.8 Å². The molecule has 0 aromatic heterocycles. The third kappa shape index (κ3) is 8.13. The fraction of sp³-hybridized carbons (Fsp3) is 0.462. The number of anilines is 1. The Kier molecular flexibility index (Phi) is 10.6. The Balaban J connectivity index is 2.20. The second-order valence-corrected chi connectivity index (χ2v) is 11.4. The summed E-state index contributed by atoms with van der Waals surface area (Å²) in [4.78, 5) is 27.6. The summed E-state index contributed by atoms with van der Waals surface area (Å²) >= 11 is 6.19. The van der Waals surface area contributed by atoms with Crippen molar-refractivity contribution < 1.29 is 22.7 Å². The van der Waals surface area contributed by atoms with Gasteiger partial charge in [-0.15, -0.1) is 0 Å². The summed E-state index contributed by atoms with van der Waals surface area (Å²) in [6.45, 7) is 7.75. The standard InChI is InChI=1S/C26H36ClN3O5S/c1-18(2)28-26(32)20(4)29(17-21-11-8-7-10-19(21)3)25(31)12-9-15-30(36(6,33)34)22-13-14-24(35-5)23(27)16-22/h7-8,10-11,13-14,16,18,20H,9,12,15,17H2,1-6H3,(H,28,32). The molecule has 1 unspecified atom stereocenters. The first kappa shape index (κ1) is 29.5. The van der Waals surface area contributed by atoms with Crippen LogP contribution in [-0.2, 0) is 26.2 Å². The van der Waals surface area contributed by atoms with Gasteiger partial charge in [-0.3, -0.25) is 13.9 Å². The molecule has 1 N–H and O–H groups in total. The van der Waals surface area contributed by atoms with Crippen molar-refractivity contribution in [3.05, 3.63) is 58.6 Å². The molecule has 2 aromatic rings. The van der Waals surface area contributed by atoms with E-state index >= 15 is 0 Å². The number of ether oxygens (including phenoxy) is 1. The molecule has 2 rings (SSSR count). The van der Waals surface area contributed by atoms with Crippen LogP contribution in [0.3, 0.4) is 0 Å². The predicted octanol–water partition coefficient (Wildman–Crippen LogP) is 4.15. The lowest BCUT2D eigenvalue weighted by Gasteiger charge is -2.30. The molecule has 0 radical (unpaired) electrons. The van der Waals surface area contributed by atoms with Gasteiger partial charge in [-0.1, -0.05) is 35.9 Å². The van der Waals surface area contributed by atoms with Crippen LogP contribution >= 0.6 is 11.6 Å². The van der Waals surface area contributed by atoms with Gasteiger partial charge in [0.05, 0.1) is 24.1 Å². The maximum Gasteiger partial charge on any atom is 0.242 e. The molecule has 10 heteroatoms. The van der Waals surface area contributed by atoms with Crippen molar-refractivity contribution in [3.8, 4) is 5.75 Å². The van der Waals surface area contributed by atoms with Crippen LogP contribution in [0.2, 0.25) is 5.02 Å². The monoisotopic (exact) mass is 537 g/mol. The molecule has 0 aliphatic carbocycles. The Morgan fingerprint density at radius 2 is 1.78 bits per heavy atom. The van der Waals surface area contributed by atoms with E-state index in [0.29, 0.717) is 11.4 Å². The van der Waals surface area contributed by atoms with Gasteiger partial charge in [-0.2, -0.15) is 0 Å². The highest BCUT2D eigenvalue weighted by Gasteiger charge is 2.27. The van der Waals surface area contributed by atoms with Crippen LogP contribution in [0.5, 0.6) is 5.75 Å². The first-order valence-electron chi connectivity index (χ1n) is 11.8. The van der Waals surface area contributed by atoms with Crippen LogP contribution in [0, 0.1) is 6.92 Å². The Morgan fingerprint density at radius 3 is 2.33 bits per heavy atom. The predicted molar refractivity (Wildman–Crippen MR) is 144 cm³/mol. The van der Waals surface area contributed by atoms with Crippen molar-refractivity contribution in [2.24, 2.45) is 0 Å². The second kappa shape index (κ2) is 13.0. The molecule has 2 aromatic carbocycles. The minimum atomic E-state index is -3.63. The fourth-order valence-electron chi connectivity index (χ4n) is 3.77. The molecule has 198 valence electrons. The molecule has 0 saturated carbocycles. The van der Waals surface area contributed by atoms with Crippen molar-refractivity contribution in [1.29, 1.82) is 0 Å². The molecule has 0 aliphatic rings. The maximum absolute atomic E-state index is 13.3. The molecule has 0 bridgehead atoms. The second-order valence-electron chi connectivity index (χ2n) is 9.04. The number of sulfonamides is 1. The number of amides is 2. The normalized spacial score (nSPS) is 12.2. The van der Waals surface area contributed by atoms with E-state index in [9.17, 15) is 18.0 Å². The van der Waals surface area contributed by atoms with E-state index in [1.165, 1.54) is 17.5 Å². The lowest BCUT2D eigenvalue weighted by Crippen LogP contribution is -2.49. The van der Waals surface area contributed by atoms with E-state index in [2.05, 4.69) is 5.32 Å². The first-order valence-corrected chi connectivity index (χ1v) is 14.0. The van der Waals surface area contributed by atoms with Crippen molar-refractivity contribution in [2.75, 3.05) is 24.2 Å². The van der Waals surface area contributed by atoms with Crippen molar-refractivity contribution in [3.63, 3.8) is 0 Å². The summed E-state index contributed by atoms with van der Waals surface area (Å²) in [7, 11) is -2.15. The van der Waals surface area contributed by atoms with E-state index in [1.807, 2.05) is 45.0 Å². The third-order valence-corrected chi connectivity index (χ3v) is 7.27. The molecule has 2 amide bonds. The molecule has 0 aliphatic heterocycles. The summed E-state index contributed by atoms with van der Waals surface area (Å²) < 4.78 is 31.3. The number of benzene rings is 2. The van der Waals surface area contributed by atoms with Crippen LogP contribution in [-0.4, -0.2) is 57.1 Å². The zero-order chi connectivity index (χ0) is 27.0. The van der Waals surface area contributed by atoms with E-state index in [1.54, 1.807) is 24.0 Å². The number of hydrogen-bond donors (Lipinski definition) is 1. The minimum Gasteiger partial charge on any atom is -0.495 e. The minimum absolute atomic E-state index is 0.0602. The van der Waals surface area contributed by atoms with Gasteiger partial charge in [0, 0.05) is 25.6 Å².